The van der Waals surface area contributed by atoms with E-state index in [-0.39, 0.29) is 19.8 Å². The number of esters is 3. The summed E-state index contributed by atoms with van der Waals surface area (Å²) >= 11 is 3.26. The molecule has 112 valence electrons. The molecule has 0 spiro atoms. The molecule has 6 nitrogen and oxygen atoms in total. The van der Waals surface area contributed by atoms with Crippen molar-refractivity contribution in [2.75, 3.05) is 19.8 Å². The number of carbonyl (C=O) groups is 3. The van der Waals surface area contributed by atoms with Crippen molar-refractivity contribution in [3.63, 3.8) is 0 Å². The van der Waals surface area contributed by atoms with Gasteiger partial charge in [0.2, 0.25) is 0 Å². The van der Waals surface area contributed by atoms with E-state index < -0.39 is 29.7 Å². The molecule has 1 atom stereocenters. The van der Waals surface area contributed by atoms with E-state index in [4.69, 9.17) is 14.2 Å². The standard InChI is InChI=1S/C13H17BrO6/c1-4-18-12(16)10(13(17)19-5-2)9-8(7(3)14)6-20-11(9)15/h9-10H,4-6H2,1-3H3/b8-7+. The maximum atomic E-state index is 12.0. The van der Waals surface area contributed by atoms with E-state index in [1.165, 1.54) is 0 Å². The van der Waals surface area contributed by atoms with Gasteiger partial charge in [0.15, 0.2) is 5.92 Å². The predicted molar refractivity (Wildman–Crippen MR) is 72.8 cm³/mol. The van der Waals surface area contributed by atoms with Crippen molar-refractivity contribution in [3.05, 3.63) is 10.1 Å². The predicted octanol–water partition coefficient (Wildman–Crippen LogP) is 1.57. The molecule has 0 aromatic rings. The van der Waals surface area contributed by atoms with Gasteiger partial charge in [0.1, 0.15) is 12.5 Å². The third-order valence-electron chi connectivity index (χ3n) is 2.86. The van der Waals surface area contributed by atoms with E-state index in [0.717, 1.165) is 0 Å². The Morgan fingerprint density at radius 3 is 2.20 bits per heavy atom. The van der Waals surface area contributed by atoms with Crippen molar-refractivity contribution < 1.29 is 28.6 Å². The Balaban J connectivity index is 3.14. The Morgan fingerprint density at radius 2 is 1.80 bits per heavy atom. The minimum absolute atomic E-state index is 0.0515. The van der Waals surface area contributed by atoms with Crippen LogP contribution in [-0.4, -0.2) is 37.7 Å². The Hall–Kier alpha value is -1.37. The molecule has 1 aliphatic heterocycles. The smallest absolute Gasteiger partial charge is 0.321 e. The fourth-order valence-electron chi connectivity index (χ4n) is 1.95. The highest BCUT2D eigenvalue weighted by Crippen LogP contribution is 2.34. The Labute approximate surface area is 125 Å². The largest absolute Gasteiger partial charge is 0.465 e. The van der Waals surface area contributed by atoms with Crippen LogP contribution in [0.2, 0.25) is 0 Å². The van der Waals surface area contributed by atoms with Crippen molar-refractivity contribution in [3.8, 4) is 0 Å². The molecule has 7 heteroatoms. The number of carbonyl (C=O) groups excluding carboxylic acids is 3. The van der Waals surface area contributed by atoms with Crippen LogP contribution in [0.15, 0.2) is 10.1 Å². The van der Waals surface area contributed by atoms with Crippen molar-refractivity contribution in [2.45, 2.75) is 20.8 Å². The highest BCUT2D eigenvalue weighted by molar-refractivity contribution is 9.11. The molecular weight excluding hydrogens is 332 g/mol. The Morgan fingerprint density at radius 1 is 1.30 bits per heavy atom. The number of allylic oxidation sites excluding steroid dienone is 1. The van der Waals surface area contributed by atoms with Crippen LogP contribution in [0.4, 0.5) is 0 Å². The molecule has 1 fully saturated rings. The van der Waals surface area contributed by atoms with Gasteiger partial charge in [0.25, 0.3) is 0 Å². The van der Waals surface area contributed by atoms with Crippen LogP contribution in [0.3, 0.4) is 0 Å². The molecule has 0 aliphatic carbocycles. The van der Waals surface area contributed by atoms with Crippen molar-refractivity contribution in [2.24, 2.45) is 11.8 Å². The Kier molecular flexibility index (Phi) is 6.19. The number of cyclic esters (lactones) is 1. The van der Waals surface area contributed by atoms with Gasteiger partial charge in [-0.25, -0.2) is 0 Å². The van der Waals surface area contributed by atoms with Crippen LogP contribution in [0.5, 0.6) is 0 Å². The van der Waals surface area contributed by atoms with E-state index in [0.29, 0.717) is 10.1 Å². The summed E-state index contributed by atoms with van der Waals surface area (Å²) < 4.78 is 15.3. The molecule has 1 rings (SSSR count). The molecule has 0 radical (unpaired) electrons. The third-order valence-corrected chi connectivity index (χ3v) is 3.37. The molecule has 0 bridgehead atoms. The van der Waals surface area contributed by atoms with Crippen LogP contribution in [0.1, 0.15) is 20.8 Å². The highest BCUT2D eigenvalue weighted by atomic mass is 79.9. The number of ether oxygens (including phenoxy) is 3. The summed E-state index contributed by atoms with van der Waals surface area (Å²) in [5, 5.41) is 0. The lowest BCUT2D eigenvalue weighted by Crippen LogP contribution is -2.37. The second kappa shape index (κ2) is 7.42. The first kappa shape index (κ1) is 16.7. The maximum absolute atomic E-state index is 12.0. The van der Waals surface area contributed by atoms with Gasteiger partial charge in [-0.15, -0.1) is 0 Å². The minimum atomic E-state index is -1.33. The first-order valence-electron chi connectivity index (χ1n) is 6.29. The number of halogens is 1. The van der Waals surface area contributed by atoms with Crippen LogP contribution in [0, 0.1) is 11.8 Å². The fourth-order valence-corrected chi connectivity index (χ4v) is 2.32. The second-order valence-corrected chi connectivity index (χ2v) is 5.32. The number of hydrogen-bond donors (Lipinski definition) is 0. The van der Waals surface area contributed by atoms with Gasteiger partial charge < -0.3 is 14.2 Å². The lowest BCUT2D eigenvalue weighted by atomic mass is 9.87. The third kappa shape index (κ3) is 3.59. The van der Waals surface area contributed by atoms with E-state index in [1.807, 2.05) is 0 Å². The summed E-state index contributed by atoms with van der Waals surface area (Å²) in [5.74, 6) is -4.49. The van der Waals surface area contributed by atoms with Crippen LogP contribution in [-0.2, 0) is 28.6 Å². The molecule has 0 amide bonds. The summed E-state index contributed by atoms with van der Waals surface area (Å²) in [4.78, 5) is 35.8. The lowest BCUT2D eigenvalue weighted by molar-refractivity contribution is -0.167. The zero-order chi connectivity index (χ0) is 15.3. The molecule has 0 N–H and O–H groups in total. The van der Waals surface area contributed by atoms with E-state index in [1.54, 1.807) is 20.8 Å². The minimum Gasteiger partial charge on any atom is -0.465 e. The van der Waals surface area contributed by atoms with Crippen molar-refractivity contribution in [1.29, 1.82) is 0 Å². The SMILES string of the molecule is CCOC(=O)C(C(=O)OCC)C1C(=O)OC/C1=C(/C)Br. The van der Waals surface area contributed by atoms with Gasteiger partial charge in [0.05, 0.1) is 13.2 Å². The average molecular weight is 349 g/mol. The van der Waals surface area contributed by atoms with Gasteiger partial charge in [-0.2, -0.15) is 0 Å². The van der Waals surface area contributed by atoms with Crippen LogP contribution >= 0.6 is 15.9 Å². The van der Waals surface area contributed by atoms with E-state index >= 15 is 0 Å². The monoisotopic (exact) mass is 348 g/mol. The van der Waals surface area contributed by atoms with Gasteiger partial charge in [-0.05, 0) is 30.8 Å². The van der Waals surface area contributed by atoms with E-state index in [9.17, 15) is 14.4 Å². The molecule has 1 saturated heterocycles. The molecule has 0 saturated carbocycles. The second-order valence-electron chi connectivity index (χ2n) is 4.13. The zero-order valence-corrected chi connectivity index (χ0v) is 13.2. The summed E-state index contributed by atoms with van der Waals surface area (Å²) in [5.41, 5.74) is 0.557. The van der Waals surface area contributed by atoms with Gasteiger partial charge >= 0.3 is 17.9 Å². The van der Waals surface area contributed by atoms with Gasteiger partial charge in [-0.1, -0.05) is 15.9 Å². The number of rotatable bonds is 5. The first-order valence-corrected chi connectivity index (χ1v) is 7.08. The molecule has 1 aliphatic rings. The van der Waals surface area contributed by atoms with Crippen LogP contribution in [0.25, 0.3) is 0 Å². The van der Waals surface area contributed by atoms with Crippen molar-refractivity contribution in [1.82, 2.24) is 0 Å². The average Bonchev–Trinajstić information content (AvgIpc) is 2.73. The highest BCUT2D eigenvalue weighted by Gasteiger charge is 2.48. The topological polar surface area (TPSA) is 78.9 Å². The normalized spacial score (nSPS) is 20.6. The first-order chi connectivity index (χ1) is 9.43. The molecule has 0 aromatic heterocycles. The maximum Gasteiger partial charge on any atom is 0.321 e. The lowest BCUT2D eigenvalue weighted by Gasteiger charge is -2.19. The number of hydrogen-bond acceptors (Lipinski definition) is 6. The summed E-state index contributed by atoms with van der Waals surface area (Å²) in [6.07, 6.45) is 0. The van der Waals surface area contributed by atoms with Gasteiger partial charge in [-0.3, -0.25) is 14.4 Å². The molecule has 1 unspecified atom stereocenters. The van der Waals surface area contributed by atoms with E-state index in [2.05, 4.69) is 15.9 Å². The molecule has 20 heavy (non-hydrogen) atoms. The summed E-state index contributed by atoms with van der Waals surface area (Å²) in [6.45, 7) is 5.25. The molecule has 1 heterocycles. The Bertz CT molecular complexity index is 420. The summed E-state index contributed by atoms with van der Waals surface area (Å²) in [6, 6.07) is 0. The summed E-state index contributed by atoms with van der Waals surface area (Å²) in [7, 11) is 0. The van der Waals surface area contributed by atoms with Gasteiger partial charge in [0, 0.05) is 0 Å². The van der Waals surface area contributed by atoms with Crippen molar-refractivity contribution >= 4 is 33.8 Å². The fraction of sp³-hybridized carbons (Fsp3) is 0.615. The zero-order valence-electron chi connectivity index (χ0n) is 11.6. The molecular formula is C13H17BrO6. The quantitative estimate of drug-likeness (QED) is 0.426. The van der Waals surface area contributed by atoms with Crippen LogP contribution < -0.4 is 0 Å². The molecule has 0 aromatic carbocycles.